The van der Waals surface area contributed by atoms with Crippen molar-refractivity contribution in [2.24, 2.45) is 0 Å². The summed E-state index contributed by atoms with van der Waals surface area (Å²) in [5.74, 6) is 0.551. The largest absolute Gasteiger partial charge is 0.347 e. The fourth-order valence-electron chi connectivity index (χ4n) is 3.89. The molecule has 1 amide bonds. The zero-order valence-corrected chi connectivity index (χ0v) is 20.3. The lowest BCUT2D eigenvalue weighted by Crippen LogP contribution is -2.40. The van der Waals surface area contributed by atoms with Crippen molar-refractivity contribution in [3.8, 4) is 0 Å². The Morgan fingerprint density at radius 1 is 0.914 bits per heavy atom. The predicted molar refractivity (Wildman–Crippen MR) is 139 cm³/mol. The second-order valence-electron chi connectivity index (χ2n) is 9.57. The fourth-order valence-corrected chi connectivity index (χ4v) is 3.89. The smallest absolute Gasteiger partial charge is 0.251 e. The Labute approximate surface area is 206 Å². The Morgan fingerprint density at radius 3 is 2.14 bits per heavy atom. The molecule has 4 rings (SSSR count). The Balaban J connectivity index is 1.62. The van der Waals surface area contributed by atoms with Gasteiger partial charge in [0.2, 0.25) is 0 Å². The van der Waals surface area contributed by atoms with Crippen LogP contribution >= 0.6 is 0 Å². The van der Waals surface area contributed by atoms with Crippen LogP contribution in [0, 0.1) is 5.82 Å². The molecule has 0 aliphatic rings. The van der Waals surface area contributed by atoms with Crippen LogP contribution in [0.4, 0.5) is 4.39 Å². The summed E-state index contributed by atoms with van der Waals surface area (Å²) < 4.78 is 15.8. The number of carbonyl (C=O) groups is 1. The zero-order chi connectivity index (χ0) is 24.8. The zero-order valence-electron chi connectivity index (χ0n) is 20.3. The first-order valence-electron chi connectivity index (χ1n) is 11.7. The van der Waals surface area contributed by atoms with Gasteiger partial charge < -0.3 is 9.88 Å². The van der Waals surface area contributed by atoms with Gasteiger partial charge in [-0.2, -0.15) is 0 Å². The van der Waals surface area contributed by atoms with E-state index in [-0.39, 0.29) is 17.3 Å². The van der Waals surface area contributed by atoms with Gasteiger partial charge >= 0.3 is 0 Å². The number of halogens is 1. The van der Waals surface area contributed by atoms with E-state index >= 15 is 0 Å². The molecule has 0 aliphatic carbocycles. The number of hydrogen-bond acceptors (Lipinski definition) is 2. The number of hydrogen-bond donors (Lipinski definition) is 1. The minimum Gasteiger partial charge on any atom is -0.347 e. The monoisotopic (exact) mass is 467 g/mol. The number of benzene rings is 3. The van der Waals surface area contributed by atoms with Crippen molar-refractivity contribution in [1.29, 1.82) is 0 Å². The van der Waals surface area contributed by atoms with Gasteiger partial charge in [-0.15, -0.1) is 0 Å². The van der Waals surface area contributed by atoms with E-state index in [2.05, 4.69) is 33.1 Å². The van der Waals surface area contributed by atoms with Crippen LogP contribution in [0.2, 0.25) is 0 Å². The maximum Gasteiger partial charge on any atom is 0.251 e. The maximum absolute atomic E-state index is 13.6. The molecule has 4 nitrogen and oxygen atoms in total. The van der Waals surface area contributed by atoms with Crippen molar-refractivity contribution < 1.29 is 9.18 Å². The molecule has 0 saturated carbocycles. The Kier molecular flexibility index (Phi) is 7.25. The highest BCUT2D eigenvalue weighted by atomic mass is 19.1. The minimum absolute atomic E-state index is 0.112. The molecule has 5 heteroatoms. The molecule has 1 N–H and O–H groups in total. The van der Waals surface area contributed by atoms with E-state index in [4.69, 9.17) is 0 Å². The summed E-state index contributed by atoms with van der Waals surface area (Å²) in [5, 5.41) is 2.99. The third-order valence-electron chi connectivity index (χ3n) is 5.59. The highest BCUT2D eigenvalue weighted by Crippen LogP contribution is 2.25. The molecule has 0 saturated heterocycles. The van der Waals surface area contributed by atoms with E-state index in [0.29, 0.717) is 12.0 Å². The van der Waals surface area contributed by atoms with Gasteiger partial charge in [0.05, 0.1) is 0 Å². The molecule has 0 unspecified atom stereocenters. The molecule has 0 bridgehead atoms. The summed E-state index contributed by atoms with van der Waals surface area (Å²) in [7, 11) is 0. The predicted octanol–water partition coefficient (Wildman–Crippen LogP) is 6.27. The number of rotatable bonds is 7. The molecule has 0 spiro atoms. The number of allylic oxidation sites excluding steroid dienone is 1. The average Bonchev–Trinajstić information content (AvgIpc) is 3.27. The number of amides is 1. The van der Waals surface area contributed by atoms with Crippen molar-refractivity contribution in [2.75, 3.05) is 0 Å². The van der Waals surface area contributed by atoms with Crippen molar-refractivity contribution >= 4 is 11.5 Å². The first-order chi connectivity index (χ1) is 16.8. The van der Waals surface area contributed by atoms with Crippen LogP contribution in [0.15, 0.2) is 97.3 Å². The molecule has 4 aromatic rings. The van der Waals surface area contributed by atoms with E-state index in [1.165, 1.54) is 17.7 Å². The van der Waals surface area contributed by atoms with Crippen molar-refractivity contribution in [1.82, 2.24) is 14.9 Å². The third-order valence-corrected chi connectivity index (χ3v) is 5.59. The molecule has 0 atom stereocenters. The molecule has 0 radical (unpaired) electrons. The number of aromatic nitrogens is 2. The van der Waals surface area contributed by atoms with E-state index < -0.39 is 0 Å². The first-order valence-corrected chi connectivity index (χ1v) is 11.7. The lowest BCUT2D eigenvalue weighted by Gasteiger charge is -2.20. The van der Waals surface area contributed by atoms with Gasteiger partial charge in [0.25, 0.3) is 5.91 Å². The lowest BCUT2D eigenvalue weighted by molar-refractivity contribution is 0.0919. The fraction of sp³-hybridized carbons (Fsp3) is 0.200. The second kappa shape index (κ2) is 10.5. The molecular formula is C30H30FN3O. The number of nitrogens with zero attached hydrogens (tertiary/aromatic N) is 2. The highest BCUT2D eigenvalue weighted by Gasteiger charge is 2.16. The molecule has 0 aliphatic heterocycles. The summed E-state index contributed by atoms with van der Waals surface area (Å²) >= 11 is 0. The van der Waals surface area contributed by atoms with Crippen molar-refractivity contribution in [2.45, 2.75) is 39.3 Å². The number of nitrogens with one attached hydrogen (secondary N) is 1. The van der Waals surface area contributed by atoms with Crippen LogP contribution in [-0.2, 0) is 13.0 Å². The van der Waals surface area contributed by atoms with E-state index in [9.17, 15) is 9.18 Å². The number of carbonyl (C=O) groups excluding carboxylic acids is 1. The van der Waals surface area contributed by atoms with Gasteiger partial charge in [-0.05, 0) is 67.3 Å². The molecule has 1 heterocycles. The molecule has 0 fully saturated rings. The van der Waals surface area contributed by atoms with Gasteiger partial charge in [-0.3, -0.25) is 4.79 Å². The van der Waals surface area contributed by atoms with Crippen LogP contribution in [0.1, 0.15) is 53.6 Å². The van der Waals surface area contributed by atoms with Gasteiger partial charge in [0.1, 0.15) is 11.6 Å². The van der Waals surface area contributed by atoms with Crippen LogP contribution in [0.3, 0.4) is 0 Å². The van der Waals surface area contributed by atoms with E-state index in [1.54, 1.807) is 12.1 Å². The molecule has 1 aromatic heterocycles. The van der Waals surface area contributed by atoms with Crippen LogP contribution in [0.5, 0.6) is 0 Å². The molecule has 3 aromatic carbocycles. The summed E-state index contributed by atoms with van der Waals surface area (Å²) in [6.07, 6.45) is 6.52. The maximum atomic E-state index is 13.6. The van der Waals surface area contributed by atoms with Gasteiger partial charge in [-0.1, -0.05) is 60.7 Å². The average molecular weight is 468 g/mol. The number of imidazole rings is 1. The van der Waals surface area contributed by atoms with E-state index in [1.807, 2.05) is 75.6 Å². The summed E-state index contributed by atoms with van der Waals surface area (Å²) in [6, 6.07) is 24.3. The van der Waals surface area contributed by atoms with Crippen LogP contribution in [0.25, 0.3) is 5.57 Å². The van der Waals surface area contributed by atoms with Gasteiger partial charge in [0, 0.05) is 36.5 Å². The topological polar surface area (TPSA) is 46.9 Å². The van der Waals surface area contributed by atoms with Gasteiger partial charge in [-0.25, -0.2) is 9.37 Å². The summed E-state index contributed by atoms with van der Waals surface area (Å²) in [6.45, 7) is 6.61. The Morgan fingerprint density at radius 2 is 1.51 bits per heavy atom. The molecule has 35 heavy (non-hydrogen) atoms. The van der Waals surface area contributed by atoms with Crippen molar-refractivity contribution in [3.63, 3.8) is 0 Å². The third kappa shape index (κ3) is 6.54. The van der Waals surface area contributed by atoms with Gasteiger partial charge in [0.15, 0.2) is 0 Å². The SMILES string of the molecule is CC(C)(C)NC(=O)c1ccc(C(=CCc2nccn2Cc2ccccc2)c2ccc(F)cc2)cc1. The van der Waals surface area contributed by atoms with Crippen LogP contribution < -0.4 is 5.32 Å². The first kappa shape index (κ1) is 24.1. The molecular weight excluding hydrogens is 437 g/mol. The lowest BCUT2D eigenvalue weighted by atomic mass is 9.95. The minimum atomic E-state index is -0.309. The normalized spacial score (nSPS) is 11.9. The summed E-state index contributed by atoms with van der Waals surface area (Å²) in [4.78, 5) is 17.1. The van der Waals surface area contributed by atoms with Crippen molar-refractivity contribution in [3.05, 3.63) is 131 Å². The second-order valence-corrected chi connectivity index (χ2v) is 9.57. The van der Waals surface area contributed by atoms with Crippen LogP contribution in [-0.4, -0.2) is 21.0 Å². The molecule has 178 valence electrons. The standard InChI is InChI=1S/C30H30FN3O/c1-30(2,3)33-29(35)25-11-9-23(10-12-25)27(24-13-15-26(31)16-14-24)17-18-28-32-19-20-34(28)21-22-7-5-4-6-8-22/h4-17,19-20H,18,21H2,1-3H3,(H,33,35). The highest BCUT2D eigenvalue weighted by molar-refractivity contribution is 5.95. The Hall–Kier alpha value is -3.99. The van der Waals surface area contributed by atoms with E-state index in [0.717, 1.165) is 29.1 Å². The quantitative estimate of drug-likeness (QED) is 0.348. The summed E-state index contributed by atoms with van der Waals surface area (Å²) in [5.41, 5.74) is 4.31. The Bertz CT molecular complexity index is 1300.